The van der Waals surface area contributed by atoms with Crippen molar-refractivity contribution < 1.29 is 13.2 Å². The number of hydrogen-bond donors (Lipinski definition) is 1. The van der Waals surface area contributed by atoms with Crippen molar-refractivity contribution in [1.82, 2.24) is 4.98 Å². The minimum absolute atomic E-state index is 0.204. The van der Waals surface area contributed by atoms with Crippen molar-refractivity contribution in [1.29, 1.82) is 0 Å². The van der Waals surface area contributed by atoms with Gasteiger partial charge >= 0.3 is 0 Å². The summed E-state index contributed by atoms with van der Waals surface area (Å²) < 4.78 is 33.4. The lowest BCUT2D eigenvalue weighted by atomic mass is 10.1. The summed E-state index contributed by atoms with van der Waals surface area (Å²) in [5.41, 5.74) is 1.47. The van der Waals surface area contributed by atoms with Crippen LogP contribution in [0.2, 0.25) is 0 Å². The van der Waals surface area contributed by atoms with Gasteiger partial charge in [0.1, 0.15) is 5.75 Å². The fourth-order valence-corrected chi connectivity index (χ4v) is 4.81. The van der Waals surface area contributed by atoms with Gasteiger partial charge in [-0.1, -0.05) is 42.5 Å². The number of anilines is 1. The maximum atomic E-state index is 12.7. The predicted octanol–water partition coefficient (Wildman–Crippen LogP) is 4.77. The summed E-state index contributed by atoms with van der Waals surface area (Å²) in [5.74, 6) is 0.687. The molecule has 0 atom stereocenters. The van der Waals surface area contributed by atoms with Gasteiger partial charge in [0.05, 0.1) is 17.7 Å². The third kappa shape index (κ3) is 3.51. The second-order valence-electron chi connectivity index (χ2n) is 5.85. The third-order valence-corrected chi connectivity index (χ3v) is 6.36. The quantitative estimate of drug-likeness (QED) is 0.527. The second kappa shape index (κ2) is 7.02. The number of aromatic nitrogens is 1. The van der Waals surface area contributed by atoms with Gasteiger partial charge in [0.15, 0.2) is 5.13 Å². The van der Waals surface area contributed by atoms with E-state index in [1.54, 1.807) is 30.7 Å². The highest BCUT2D eigenvalue weighted by Gasteiger charge is 2.17. The lowest BCUT2D eigenvalue weighted by molar-refractivity contribution is 0.416. The zero-order chi connectivity index (χ0) is 18.9. The lowest BCUT2D eigenvalue weighted by Gasteiger charge is -2.07. The number of benzene rings is 3. The molecule has 0 amide bonds. The molecule has 0 radical (unpaired) electrons. The van der Waals surface area contributed by atoms with Crippen LogP contribution >= 0.6 is 11.3 Å². The van der Waals surface area contributed by atoms with E-state index in [1.807, 2.05) is 48.5 Å². The Morgan fingerprint density at radius 2 is 1.70 bits per heavy atom. The number of nitrogens with one attached hydrogen (secondary N) is 1. The van der Waals surface area contributed by atoms with Crippen LogP contribution in [0.5, 0.6) is 5.75 Å². The molecule has 5 nitrogen and oxygen atoms in total. The standard InChI is InChI=1S/C20H16N2O3S2/c1-25-19-9-5-4-8-17(19)18-13-26-20(21-18)22-27(23,24)16-11-10-14-6-2-3-7-15(14)12-16/h2-13H,1H3,(H,21,22). The van der Waals surface area contributed by atoms with E-state index in [-0.39, 0.29) is 4.90 Å². The predicted molar refractivity (Wildman–Crippen MR) is 109 cm³/mol. The number of ether oxygens (including phenoxy) is 1. The van der Waals surface area contributed by atoms with E-state index in [2.05, 4.69) is 9.71 Å². The molecule has 0 aliphatic heterocycles. The number of sulfonamides is 1. The van der Waals surface area contributed by atoms with Gasteiger partial charge < -0.3 is 4.74 Å². The van der Waals surface area contributed by atoms with E-state index in [1.165, 1.54) is 11.3 Å². The fourth-order valence-electron chi connectivity index (χ4n) is 2.81. The van der Waals surface area contributed by atoms with Gasteiger partial charge in [-0.2, -0.15) is 0 Å². The van der Waals surface area contributed by atoms with Crippen LogP contribution in [0.15, 0.2) is 77.0 Å². The van der Waals surface area contributed by atoms with Crippen molar-refractivity contribution in [3.63, 3.8) is 0 Å². The summed E-state index contributed by atoms with van der Waals surface area (Å²) >= 11 is 1.23. The molecule has 0 spiro atoms. The average molecular weight is 396 g/mol. The molecule has 1 N–H and O–H groups in total. The van der Waals surface area contributed by atoms with Gasteiger partial charge in [0, 0.05) is 10.9 Å². The smallest absolute Gasteiger partial charge is 0.263 e. The number of para-hydroxylation sites is 1. The highest BCUT2D eigenvalue weighted by molar-refractivity contribution is 7.93. The first kappa shape index (κ1) is 17.5. The van der Waals surface area contributed by atoms with Crippen LogP contribution in [0, 0.1) is 0 Å². The van der Waals surface area contributed by atoms with Crippen LogP contribution in [-0.2, 0) is 10.0 Å². The Hall–Kier alpha value is -2.90. The Kier molecular flexibility index (Phi) is 4.55. The van der Waals surface area contributed by atoms with E-state index < -0.39 is 10.0 Å². The molecule has 7 heteroatoms. The molecule has 1 heterocycles. The van der Waals surface area contributed by atoms with Gasteiger partial charge in [-0.3, -0.25) is 4.72 Å². The molecule has 4 aromatic rings. The number of rotatable bonds is 5. The van der Waals surface area contributed by atoms with Crippen molar-refractivity contribution in [2.24, 2.45) is 0 Å². The van der Waals surface area contributed by atoms with Crippen molar-refractivity contribution >= 4 is 37.3 Å². The van der Waals surface area contributed by atoms with Gasteiger partial charge in [-0.15, -0.1) is 11.3 Å². The van der Waals surface area contributed by atoms with Gasteiger partial charge in [0.2, 0.25) is 0 Å². The lowest BCUT2D eigenvalue weighted by Crippen LogP contribution is -2.12. The van der Waals surface area contributed by atoms with Crippen LogP contribution in [0.4, 0.5) is 5.13 Å². The molecule has 3 aromatic carbocycles. The van der Waals surface area contributed by atoms with Crippen molar-refractivity contribution in [2.75, 3.05) is 11.8 Å². The fraction of sp³-hybridized carbons (Fsp3) is 0.0500. The molecule has 27 heavy (non-hydrogen) atoms. The van der Waals surface area contributed by atoms with Gasteiger partial charge in [-0.25, -0.2) is 13.4 Å². The molecule has 0 aliphatic rings. The molecule has 136 valence electrons. The van der Waals surface area contributed by atoms with Crippen molar-refractivity contribution in [3.8, 4) is 17.0 Å². The zero-order valence-electron chi connectivity index (χ0n) is 14.4. The first-order chi connectivity index (χ1) is 13.1. The normalized spacial score (nSPS) is 11.4. The zero-order valence-corrected chi connectivity index (χ0v) is 16.0. The first-order valence-electron chi connectivity index (χ1n) is 8.17. The van der Waals surface area contributed by atoms with Crippen molar-refractivity contribution in [3.05, 3.63) is 72.1 Å². The van der Waals surface area contributed by atoms with E-state index in [4.69, 9.17) is 4.74 Å². The minimum Gasteiger partial charge on any atom is -0.496 e. The highest BCUT2D eigenvalue weighted by Crippen LogP contribution is 2.32. The molecule has 1 aromatic heterocycles. The van der Waals surface area contributed by atoms with E-state index >= 15 is 0 Å². The number of hydrogen-bond acceptors (Lipinski definition) is 5. The summed E-state index contributed by atoms with van der Waals surface area (Å²) in [6.07, 6.45) is 0. The number of methoxy groups -OCH3 is 1. The Balaban J connectivity index is 1.64. The molecule has 0 aliphatic carbocycles. The maximum Gasteiger partial charge on any atom is 0.263 e. The van der Waals surface area contributed by atoms with E-state index in [0.29, 0.717) is 16.6 Å². The molecule has 4 rings (SSSR count). The SMILES string of the molecule is COc1ccccc1-c1csc(NS(=O)(=O)c2ccc3ccccc3c2)n1. The Morgan fingerprint density at radius 1 is 0.963 bits per heavy atom. The second-order valence-corrected chi connectivity index (χ2v) is 8.39. The summed E-state index contributed by atoms with van der Waals surface area (Å²) in [6, 6.07) is 20.2. The van der Waals surface area contributed by atoms with Crippen LogP contribution in [0.1, 0.15) is 0 Å². The number of thiazole rings is 1. The molecular formula is C20H16N2O3S2. The largest absolute Gasteiger partial charge is 0.496 e. The summed E-state index contributed by atoms with van der Waals surface area (Å²) in [4.78, 5) is 4.61. The molecule has 0 saturated heterocycles. The molecule has 0 saturated carbocycles. The van der Waals surface area contributed by atoms with Crippen LogP contribution < -0.4 is 9.46 Å². The van der Waals surface area contributed by atoms with Gasteiger partial charge in [-0.05, 0) is 35.0 Å². The number of nitrogens with zero attached hydrogens (tertiary/aromatic N) is 1. The summed E-state index contributed by atoms with van der Waals surface area (Å²) in [7, 11) is -2.13. The van der Waals surface area contributed by atoms with Gasteiger partial charge in [0.25, 0.3) is 10.0 Å². The summed E-state index contributed by atoms with van der Waals surface area (Å²) in [5, 5.41) is 3.97. The Bertz CT molecular complexity index is 1220. The molecular weight excluding hydrogens is 380 g/mol. The Labute approximate surface area is 161 Å². The summed E-state index contributed by atoms with van der Waals surface area (Å²) in [6.45, 7) is 0. The maximum absolute atomic E-state index is 12.7. The van der Waals surface area contributed by atoms with E-state index in [0.717, 1.165) is 16.3 Å². The molecule has 0 fully saturated rings. The average Bonchev–Trinajstić information content (AvgIpc) is 3.15. The first-order valence-corrected chi connectivity index (χ1v) is 10.5. The highest BCUT2D eigenvalue weighted by atomic mass is 32.2. The topological polar surface area (TPSA) is 68.3 Å². The van der Waals surface area contributed by atoms with Crippen LogP contribution in [0.25, 0.3) is 22.0 Å². The Morgan fingerprint density at radius 3 is 2.52 bits per heavy atom. The number of fused-ring (bicyclic) bond motifs is 1. The van der Waals surface area contributed by atoms with E-state index in [9.17, 15) is 8.42 Å². The van der Waals surface area contributed by atoms with Crippen LogP contribution in [0.3, 0.4) is 0 Å². The third-order valence-electron chi connectivity index (χ3n) is 4.14. The minimum atomic E-state index is -3.72. The van der Waals surface area contributed by atoms with Crippen molar-refractivity contribution in [2.45, 2.75) is 4.90 Å². The molecule has 0 unspecified atom stereocenters. The monoisotopic (exact) mass is 396 g/mol. The van der Waals surface area contributed by atoms with Crippen LogP contribution in [-0.4, -0.2) is 20.5 Å². The molecule has 0 bridgehead atoms.